The summed E-state index contributed by atoms with van der Waals surface area (Å²) in [5.41, 5.74) is 25.4. The van der Waals surface area contributed by atoms with E-state index in [4.69, 9.17) is 32.4 Å². The molecule has 112 heavy (non-hydrogen) atoms. The van der Waals surface area contributed by atoms with Crippen LogP contribution in [-0.2, 0) is 84.8 Å². The zero-order valence-electron chi connectivity index (χ0n) is 67.8. The first-order valence-electron chi connectivity index (χ1n) is 40.3. The van der Waals surface area contributed by atoms with Crippen LogP contribution in [0.4, 0.5) is 0 Å². The number of nitrogens with one attached hydrogen (secondary N) is 12. The summed E-state index contributed by atoms with van der Waals surface area (Å²) < 4.78 is 12.8. The van der Waals surface area contributed by atoms with Crippen molar-refractivity contribution < 1.29 is 71.8 Å². The maximum atomic E-state index is 15.2. The third-order valence-electron chi connectivity index (χ3n) is 20.1. The van der Waals surface area contributed by atoms with Crippen molar-refractivity contribution in [1.82, 2.24) is 68.7 Å². The summed E-state index contributed by atoms with van der Waals surface area (Å²) in [7, 11) is 0. The van der Waals surface area contributed by atoms with E-state index >= 15 is 4.79 Å². The van der Waals surface area contributed by atoms with Crippen molar-refractivity contribution in [2.24, 2.45) is 58.4 Å². The normalized spacial score (nSPS) is 27.0. The molecule has 0 radical (unpaired) electrons. The molecule has 5 rings (SSSR count). The number of nitrogens with zero attached hydrogens (tertiary/aromatic N) is 1. The molecular formula is C80H131N17O15. The van der Waals surface area contributed by atoms with Gasteiger partial charge < -0.3 is 101 Å². The van der Waals surface area contributed by atoms with Crippen molar-refractivity contribution in [3.63, 3.8) is 0 Å². The van der Waals surface area contributed by atoms with Gasteiger partial charge in [0.15, 0.2) is 0 Å². The van der Waals surface area contributed by atoms with Crippen LogP contribution in [0.25, 0.3) is 0 Å². The Bertz CT molecular complexity index is 3390. The lowest BCUT2D eigenvalue weighted by atomic mass is 9.99. The van der Waals surface area contributed by atoms with E-state index in [1.807, 2.05) is 71.9 Å². The maximum absolute atomic E-state index is 15.2. The summed E-state index contributed by atoms with van der Waals surface area (Å²) in [4.78, 5) is 192. The van der Waals surface area contributed by atoms with Crippen LogP contribution in [0.15, 0.2) is 60.7 Å². The van der Waals surface area contributed by atoms with Crippen molar-refractivity contribution in [3.8, 4) is 0 Å². The van der Waals surface area contributed by atoms with E-state index in [0.717, 1.165) is 5.56 Å². The number of carbonyl (C=O) groups excluding carboxylic acids is 13. The standard InChI is InChI=1S/C80H131N17O15/c1-45(2)38-57-72(102)86-55(30-21-35-83)70(100)94-65(48(7)8)77(107)85-43-64-62(111-44-52-26-17-14-18-27-52)42-63(112-64)76(106)92-59(40-47(5)6)73(103)87-56(31-22-36-84)71(101)95-66(49(9)10)78(108)88-53(28-19-33-81)69(99)91-58(39-46(3)4)74(104)93-60(41-51-24-15-13-16-25-51)80(110)97-37-23-32-61(97)75(105)96-67(50(11)12)79(109)89-54(29-20-34-82)68(98)90-57/h13-18,24-27,45-50,53-67H,19-23,28-44,81-84H2,1-12H3,(H,85,107)(H,86,102)(H,87,103)(H,88,108)(H,89,109)(H,90,98)(H,91,99)(H,92,106)(H,93,104)(H,94,100)(H,95,101)(H,96,105)/t53-,54-,55-,56-,57-,58-,59-,60+,61-,62-,63+,64+,65-,66-,67-/m0/s1. The van der Waals surface area contributed by atoms with Gasteiger partial charge in [0.1, 0.15) is 84.7 Å². The van der Waals surface area contributed by atoms with Gasteiger partial charge in [-0.15, -0.1) is 0 Å². The lowest BCUT2D eigenvalue weighted by molar-refractivity contribution is -0.143. The number of carbonyl (C=O) groups is 13. The number of amides is 13. The van der Waals surface area contributed by atoms with Gasteiger partial charge in [-0.3, -0.25) is 62.3 Å². The summed E-state index contributed by atoms with van der Waals surface area (Å²) in [6.45, 7) is 21.6. The van der Waals surface area contributed by atoms with E-state index in [9.17, 15) is 57.5 Å². The van der Waals surface area contributed by atoms with Crippen LogP contribution >= 0.6 is 0 Å². The summed E-state index contributed by atoms with van der Waals surface area (Å²) in [6.07, 6.45) is -1.26. The number of nitrogens with two attached hydrogens (primary N) is 4. The first kappa shape index (κ1) is 93.9. The second kappa shape index (κ2) is 47.7. The summed E-state index contributed by atoms with van der Waals surface area (Å²) in [5, 5.41) is 33.9. The molecule has 0 aromatic heterocycles. The van der Waals surface area contributed by atoms with E-state index in [1.165, 1.54) is 4.90 Å². The van der Waals surface area contributed by atoms with Crippen LogP contribution in [0.5, 0.6) is 0 Å². The number of hydrogen-bond acceptors (Lipinski definition) is 19. The molecule has 20 N–H and O–H groups in total. The van der Waals surface area contributed by atoms with Gasteiger partial charge in [-0.2, -0.15) is 0 Å². The van der Waals surface area contributed by atoms with Gasteiger partial charge in [0.05, 0.1) is 12.7 Å². The molecule has 626 valence electrons. The molecule has 0 aliphatic carbocycles. The average molecular weight is 1570 g/mol. The molecule has 3 aliphatic rings. The van der Waals surface area contributed by atoms with Crippen LogP contribution in [0.3, 0.4) is 0 Å². The molecular weight excluding hydrogens is 1440 g/mol. The number of rotatable bonds is 26. The quantitative estimate of drug-likeness (QED) is 0.0609. The Kier molecular flexibility index (Phi) is 40.0. The highest BCUT2D eigenvalue weighted by molar-refractivity contribution is 6.00. The van der Waals surface area contributed by atoms with Gasteiger partial charge in [-0.05, 0) is 156 Å². The Hall–Kier alpha value is -8.69. The van der Waals surface area contributed by atoms with Crippen LogP contribution in [-0.4, -0.2) is 212 Å². The van der Waals surface area contributed by atoms with Crippen LogP contribution in [0, 0.1) is 35.5 Å². The molecule has 2 aromatic carbocycles. The molecule has 3 heterocycles. The lowest BCUT2D eigenvalue weighted by Crippen LogP contribution is -2.61. The molecule has 3 saturated heterocycles. The largest absolute Gasteiger partial charge is 0.371 e. The van der Waals surface area contributed by atoms with Crippen molar-refractivity contribution in [2.75, 3.05) is 39.3 Å². The van der Waals surface area contributed by atoms with E-state index in [2.05, 4.69) is 63.8 Å². The van der Waals surface area contributed by atoms with Crippen molar-refractivity contribution in [1.29, 1.82) is 0 Å². The fourth-order valence-corrected chi connectivity index (χ4v) is 13.9. The number of hydrogen-bond donors (Lipinski definition) is 16. The SMILES string of the molecule is CC(C)C[C@@H]1NC(=O)[C@H](CCCN)NC(=O)[C@H](C(C)C)NC(=O)[C@@H]2CCCN2C(=O)[C@@H](Cc2ccccc2)NC(=O)[C@H](CC(C)C)NC(=O)[C@H](CCCN)NC(=O)[C@H](C(C)C)NC(=O)[C@H](CCCN)NC(=O)[C@H](CC(C)C)NC(=O)[C@H]2C[C@H](OCc3ccccc3)[C@@H](CNC(=O)[C@H](C(C)C)NC(=O)[C@H](CCCN)NC1=O)O2. The average Bonchev–Trinajstić information content (AvgIpc) is 1.53. The summed E-state index contributed by atoms with van der Waals surface area (Å²) in [6, 6.07) is 2.89. The Morgan fingerprint density at radius 2 is 0.741 bits per heavy atom. The fraction of sp³-hybridized carbons (Fsp3) is 0.688. The predicted octanol–water partition coefficient (Wildman–Crippen LogP) is 0.487. The van der Waals surface area contributed by atoms with E-state index < -0.39 is 185 Å². The molecule has 32 nitrogen and oxygen atoms in total. The first-order chi connectivity index (χ1) is 53.2. The molecule has 3 aliphatic heterocycles. The van der Waals surface area contributed by atoms with Crippen LogP contribution < -0.4 is 86.7 Å². The summed E-state index contributed by atoms with van der Waals surface area (Å²) >= 11 is 0. The van der Waals surface area contributed by atoms with Gasteiger partial charge in [-0.25, -0.2) is 0 Å². The molecule has 0 spiro atoms. The molecule has 0 unspecified atom stereocenters. The number of fused-ring (bicyclic) bond motifs is 3. The second-order valence-electron chi connectivity index (χ2n) is 32.2. The smallest absolute Gasteiger partial charge is 0.249 e. The zero-order chi connectivity index (χ0) is 82.9. The Labute approximate surface area is 660 Å². The van der Waals surface area contributed by atoms with E-state index in [-0.39, 0.29) is 154 Å². The van der Waals surface area contributed by atoms with Gasteiger partial charge in [0.2, 0.25) is 76.8 Å². The fourth-order valence-electron chi connectivity index (χ4n) is 13.9. The first-order valence-corrected chi connectivity index (χ1v) is 40.3. The predicted molar refractivity (Wildman–Crippen MR) is 423 cm³/mol. The molecule has 13 amide bonds. The van der Waals surface area contributed by atoms with Gasteiger partial charge in [-0.1, -0.05) is 144 Å². The monoisotopic (exact) mass is 1570 g/mol. The van der Waals surface area contributed by atoms with E-state index in [0.29, 0.717) is 12.0 Å². The maximum Gasteiger partial charge on any atom is 0.249 e. The van der Waals surface area contributed by atoms with Crippen LogP contribution in [0.1, 0.15) is 184 Å². The number of ether oxygens (including phenoxy) is 2. The molecule has 3 fully saturated rings. The minimum absolute atomic E-state index is 0.00204. The zero-order valence-corrected chi connectivity index (χ0v) is 67.8. The third kappa shape index (κ3) is 30.3. The van der Waals surface area contributed by atoms with Crippen molar-refractivity contribution in [3.05, 3.63) is 71.8 Å². The number of benzene rings is 2. The third-order valence-corrected chi connectivity index (χ3v) is 20.1. The van der Waals surface area contributed by atoms with Crippen LogP contribution in [0.2, 0.25) is 0 Å². The minimum atomic E-state index is -1.31. The van der Waals surface area contributed by atoms with Crippen molar-refractivity contribution in [2.45, 2.75) is 277 Å². The highest BCUT2D eigenvalue weighted by Gasteiger charge is 2.45. The molecule has 32 heteroatoms. The Balaban J connectivity index is 1.58. The van der Waals surface area contributed by atoms with Gasteiger partial charge in [0.25, 0.3) is 0 Å². The molecule has 15 atom stereocenters. The minimum Gasteiger partial charge on any atom is -0.371 e. The topological polar surface area (TPSA) is 492 Å². The molecule has 2 bridgehead atoms. The van der Waals surface area contributed by atoms with Crippen molar-refractivity contribution >= 4 is 76.8 Å². The Morgan fingerprint density at radius 1 is 0.402 bits per heavy atom. The van der Waals surface area contributed by atoms with Gasteiger partial charge in [0, 0.05) is 25.9 Å². The molecule has 2 aromatic rings. The second-order valence-corrected chi connectivity index (χ2v) is 32.2. The Morgan fingerprint density at radius 3 is 1.13 bits per heavy atom. The summed E-state index contributed by atoms with van der Waals surface area (Å²) in [5.74, 6) is -11.7. The lowest BCUT2D eigenvalue weighted by Gasteiger charge is -2.32. The highest BCUT2D eigenvalue weighted by Crippen LogP contribution is 2.27. The highest BCUT2D eigenvalue weighted by atomic mass is 16.6. The van der Waals surface area contributed by atoms with Gasteiger partial charge >= 0.3 is 0 Å². The molecule has 0 saturated carbocycles. The van der Waals surface area contributed by atoms with E-state index in [1.54, 1.807) is 71.9 Å².